The van der Waals surface area contributed by atoms with Crippen LogP contribution in [0.2, 0.25) is 0 Å². The molecule has 5 nitrogen and oxygen atoms in total. The SMILES string of the molecule is CCNCCCN(C)S(=O)(=O)Nc1cccc(C(C)C)c1. The van der Waals surface area contributed by atoms with Gasteiger partial charge in [-0.05, 0) is 43.1 Å². The summed E-state index contributed by atoms with van der Waals surface area (Å²) in [5.74, 6) is 0.368. The second-order valence-electron chi connectivity index (χ2n) is 5.42. The molecule has 2 N–H and O–H groups in total. The van der Waals surface area contributed by atoms with Crippen LogP contribution in [0.25, 0.3) is 0 Å². The monoisotopic (exact) mass is 313 g/mol. The molecule has 0 radical (unpaired) electrons. The summed E-state index contributed by atoms with van der Waals surface area (Å²) in [6.45, 7) is 8.41. The lowest BCUT2D eigenvalue weighted by Gasteiger charge is -2.19. The molecule has 0 aliphatic carbocycles. The van der Waals surface area contributed by atoms with Gasteiger partial charge in [-0.15, -0.1) is 0 Å². The Kier molecular flexibility index (Phi) is 7.14. The molecule has 120 valence electrons. The van der Waals surface area contributed by atoms with Crippen molar-refractivity contribution >= 4 is 15.9 Å². The predicted octanol–water partition coefficient (Wildman–Crippen LogP) is 2.40. The summed E-state index contributed by atoms with van der Waals surface area (Å²) in [6.07, 6.45) is 0.789. The molecule has 0 fully saturated rings. The number of benzene rings is 1. The third kappa shape index (κ3) is 6.03. The second kappa shape index (κ2) is 8.36. The topological polar surface area (TPSA) is 61.4 Å². The maximum absolute atomic E-state index is 12.2. The van der Waals surface area contributed by atoms with Crippen LogP contribution in [0.3, 0.4) is 0 Å². The third-order valence-electron chi connectivity index (χ3n) is 3.29. The fourth-order valence-corrected chi connectivity index (χ4v) is 2.86. The molecule has 0 atom stereocenters. The van der Waals surface area contributed by atoms with E-state index in [0.29, 0.717) is 18.2 Å². The minimum Gasteiger partial charge on any atom is -0.317 e. The van der Waals surface area contributed by atoms with Gasteiger partial charge in [-0.3, -0.25) is 4.72 Å². The van der Waals surface area contributed by atoms with Crippen molar-refractivity contribution in [1.82, 2.24) is 9.62 Å². The van der Waals surface area contributed by atoms with E-state index in [1.165, 1.54) is 4.31 Å². The minimum atomic E-state index is -3.49. The molecule has 0 aliphatic heterocycles. The van der Waals surface area contributed by atoms with E-state index in [-0.39, 0.29) is 0 Å². The van der Waals surface area contributed by atoms with Crippen molar-refractivity contribution in [3.8, 4) is 0 Å². The van der Waals surface area contributed by atoms with Crippen molar-refractivity contribution in [2.75, 3.05) is 31.4 Å². The Labute approximate surface area is 128 Å². The van der Waals surface area contributed by atoms with Crippen LogP contribution in [0.4, 0.5) is 5.69 Å². The first-order chi connectivity index (χ1) is 9.86. The van der Waals surface area contributed by atoms with Gasteiger partial charge in [0.1, 0.15) is 0 Å². The van der Waals surface area contributed by atoms with E-state index in [2.05, 4.69) is 23.9 Å². The van der Waals surface area contributed by atoms with Crippen LogP contribution in [-0.2, 0) is 10.2 Å². The van der Waals surface area contributed by atoms with Gasteiger partial charge in [0.25, 0.3) is 0 Å². The van der Waals surface area contributed by atoms with E-state index in [1.54, 1.807) is 13.1 Å². The maximum atomic E-state index is 12.2. The fourth-order valence-electron chi connectivity index (χ4n) is 1.91. The normalized spacial score (nSPS) is 12.1. The van der Waals surface area contributed by atoms with Gasteiger partial charge < -0.3 is 5.32 Å². The van der Waals surface area contributed by atoms with Crippen molar-refractivity contribution in [2.24, 2.45) is 0 Å². The predicted molar refractivity (Wildman–Crippen MR) is 88.9 cm³/mol. The highest BCUT2D eigenvalue weighted by atomic mass is 32.2. The van der Waals surface area contributed by atoms with Crippen LogP contribution < -0.4 is 10.0 Å². The molecule has 0 saturated carbocycles. The minimum absolute atomic E-state index is 0.368. The Morgan fingerprint density at radius 2 is 2.00 bits per heavy atom. The summed E-state index contributed by atoms with van der Waals surface area (Å²) in [5, 5.41) is 3.18. The zero-order valence-corrected chi connectivity index (χ0v) is 14.2. The van der Waals surface area contributed by atoms with Crippen LogP contribution in [0, 0.1) is 0 Å². The highest BCUT2D eigenvalue weighted by Gasteiger charge is 2.17. The lowest BCUT2D eigenvalue weighted by Crippen LogP contribution is -2.34. The average molecular weight is 313 g/mol. The van der Waals surface area contributed by atoms with Crippen molar-refractivity contribution < 1.29 is 8.42 Å². The van der Waals surface area contributed by atoms with Crippen molar-refractivity contribution in [1.29, 1.82) is 0 Å². The third-order valence-corrected chi connectivity index (χ3v) is 4.78. The first-order valence-corrected chi connectivity index (χ1v) is 8.85. The smallest absolute Gasteiger partial charge is 0.301 e. The number of nitrogens with one attached hydrogen (secondary N) is 2. The van der Waals surface area contributed by atoms with Gasteiger partial charge in [0.15, 0.2) is 0 Å². The lowest BCUT2D eigenvalue weighted by molar-refractivity contribution is 0.459. The molecular formula is C15H27N3O2S. The van der Waals surface area contributed by atoms with Crippen molar-refractivity contribution in [3.05, 3.63) is 29.8 Å². The van der Waals surface area contributed by atoms with Crippen LogP contribution in [-0.4, -0.2) is 39.4 Å². The first-order valence-electron chi connectivity index (χ1n) is 7.41. The van der Waals surface area contributed by atoms with Crippen LogP contribution >= 0.6 is 0 Å². The summed E-state index contributed by atoms with van der Waals surface area (Å²) in [6, 6.07) is 7.53. The van der Waals surface area contributed by atoms with Gasteiger partial charge in [-0.1, -0.05) is 32.9 Å². The van der Waals surface area contributed by atoms with Gasteiger partial charge in [-0.25, -0.2) is 0 Å². The molecule has 1 aromatic rings. The standard InChI is InChI=1S/C15H27N3O2S/c1-5-16-10-7-11-18(4)21(19,20)17-15-9-6-8-14(12-15)13(2)3/h6,8-9,12-13,16-17H,5,7,10-11H2,1-4H3. The van der Waals surface area contributed by atoms with Crippen LogP contribution in [0.1, 0.15) is 38.7 Å². The summed E-state index contributed by atoms with van der Waals surface area (Å²) < 4.78 is 28.5. The van der Waals surface area contributed by atoms with Crippen molar-refractivity contribution in [3.63, 3.8) is 0 Å². The number of hydrogen-bond donors (Lipinski definition) is 2. The molecule has 0 unspecified atom stereocenters. The van der Waals surface area contributed by atoms with E-state index >= 15 is 0 Å². The highest BCUT2D eigenvalue weighted by molar-refractivity contribution is 7.90. The van der Waals surface area contributed by atoms with E-state index in [4.69, 9.17) is 0 Å². The Morgan fingerprint density at radius 3 is 2.62 bits per heavy atom. The second-order valence-corrected chi connectivity index (χ2v) is 7.19. The molecule has 6 heteroatoms. The molecule has 0 amide bonds. The quantitative estimate of drug-likeness (QED) is 0.688. The van der Waals surface area contributed by atoms with Gasteiger partial charge in [0, 0.05) is 13.6 Å². The van der Waals surface area contributed by atoms with Gasteiger partial charge in [0.05, 0.1) is 5.69 Å². The molecule has 0 aromatic heterocycles. The molecule has 21 heavy (non-hydrogen) atoms. The lowest BCUT2D eigenvalue weighted by atomic mass is 10.0. The summed E-state index contributed by atoms with van der Waals surface area (Å²) >= 11 is 0. The molecular weight excluding hydrogens is 286 g/mol. The van der Waals surface area contributed by atoms with E-state index < -0.39 is 10.2 Å². The van der Waals surface area contributed by atoms with Crippen LogP contribution in [0.5, 0.6) is 0 Å². The Morgan fingerprint density at radius 1 is 1.29 bits per heavy atom. The zero-order valence-electron chi connectivity index (χ0n) is 13.4. The van der Waals surface area contributed by atoms with Gasteiger partial charge in [0.2, 0.25) is 0 Å². The van der Waals surface area contributed by atoms with E-state index in [1.807, 2.05) is 25.1 Å². The van der Waals surface area contributed by atoms with E-state index in [9.17, 15) is 8.42 Å². The molecule has 0 aliphatic rings. The number of anilines is 1. The highest BCUT2D eigenvalue weighted by Crippen LogP contribution is 2.19. The number of hydrogen-bond acceptors (Lipinski definition) is 3. The zero-order chi connectivity index (χ0) is 15.9. The molecule has 0 spiro atoms. The summed E-state index contributed by atoms with van der Waals surface area (Å²) in [5.41, 5.74) is 1.73. The largest absolute Gasteiger partial charge is 0.317 e. The molecule has 0 heterocycles. The Bertz CT molecular complexity index is 529. The van der Waals surface area contributed by atoms with Gasteiger partial charge in [-0.2, -0.15) is 12.7 Å². The number of rotatable bonds is 9. The fraction of sp³-hybridized carbons (Fsp3) is 0.600. The Hall–Kier alpha value is -1.11. The maximum Gasteiger partial charge on any atom is 0.301 e. The Balaban J connectivity index is 2.64. The average Bonchev–Trinajstić information content (AvgIpc) is 2.43. The summed E-state index contributed by atoms with van der Waals surface area (Å²) in [7, 11) is -1.89. The van der Waals surface area contributed by atoms with Gasteiger partial charge >= 0.3 is 10.2 Å². The molecule has 0 bridgehead atoms. The van der Waals surface area contributed by atoms with E-state index in [0.717, 1.165) is 25.1 Å². The molecule has 1 aromatic carbocycles. The molecule has 0 saturated heterocycles. The number of nitrogens with zero attached hydrogens (tertiary/aromatic N) is 1. The first kappa shape index (κ1) is 17.9. The van der Waals surface area contributed by atoms with Crippen LogP contribution in [0.15, 0.2) is 24.3 Å². The molecule has 1 rings (SSSR count). The summed E-state index contributed by atoms with van der Waals surface area (Å²) in [4.78, 5) is 0. The van der Waals surface area contributed by atoms with Crippen molar-refractivity contribution in [2.45, 2.75) is 33.1 Å².